The Labute approximate surface area is 89.1 Å². The van der Waals surface area contributed by atoms with Crippen molar-refractivity contribution in [3.8, 4) is 0 Å². The molecule has 1 N–H and O–H groups in total. The summed E-state index contributed by atoms with van der Waals surface area (Å²) >= 11 is 0. The Balaban J connectivity index is 3.54. The molecule has 92 valence electrons. The molecule has 0 saturated carbocycles. The molecule has 15 heavy (non-hydrogen) atoms. The standard InChI is InChI=1S/C10H20F3NO/c1-8(14-15-9(2,3)4)6-5-7-10(11,12)13/h8,14H,5-7H2,1-4H3. The number of hydrogen-bond donors (Lipinski definition) is 1. The minimum atomic E-state index is -4.05. The van der Waals surface area contributed by atoms with Crippen molar-refractivity contribution in [1.29, 1.82) is 0 Å². The Kier molecular flexibility index (Phi) is 5.59. The van der Waals surface area contributed by atoms with Crippen molar-refractivity contribution in [1.82, 2.24) is 5.48 Å². The van der Waals surface area contributed by atoms with Gasteiger partial charge in [0.05, 0.1) is 5.60 Å². The maximum Gasteiger partial charge on any atom is 0.389 e. The first-order valence-corrected chi connectivity index (χ1v) is 5.10. The summed E-state index contributed by atoms with van der Waals surface area (Å²) in [5, 5.41) is 0. The Morgan fingerprint density at radius 3 is 2.13 bits per heavy atom. The Hall–Kier alpha value is -0.290. The van der Waals surface area contributed by atoms with E-state index in [2.05, 4.69) is 5.48 Å². The van der Waals surface area contributed by atoms with E-state index in [-0.39, 0.29) is 18.1 Å². The quantitative estimate of drug-likeness (QED) is 0.726. The highest BCUT2D eigenvalue weighted by Gasteiger charge is 2.26. The molecule has 5 heteroatoms. The van der Waals surface area contributed by atoms with Gasteiger partial charge in [0.25, 0.3) is 0 Å². The normalized spacial score (nSPS) is 15.4. The number of hydrogen-bond acceptors (Lipinski definition) is 2. The summed E-state index contributed by atoms with van der Waals surface area (Å²) in [6.45, 7) is 7.44. The summed E-state index contributed by atoms with van der Waals surface area (Å²) in [6.07, 6.45) is -4.19. The van der Waals surface area contributed by atoms with Crippen molar-refractivity contribution in [2.45, 2.75) is 64.8 Å². The Morgan fingerprint density at radius 1 is 1.20 bits per heavy atom. The first kappa shape index (κ1) is 14.7. The van der Waals surface area contributed by atoms with E-state index in [1.165, 1.54) is 0 Å². The zero-order valence-corrected chi connectivity index (χ0v) is 9.74. The topological polar surface area (TPSA) is 21.3 Å². The highest BCUT2D eigenvalue weighted by molar-refractivity contribution is 4.61. The molecule has 0 aliphatic carbocycles. The van der Waals surface area contributed by atoms with Crippen LogP contribution < -0.4 is 5.48 Å². The molecule has 0 saturated heterocycles. The molecule has 0 radical (unpaired) electrons. The number of rotatable bonds is 5. The zero-order chi connectivity index (χ0) is 12.1. The molecule has 0 aromatic heterocycles. The lowest BCUT2D eigenvalue weighted by molar-refractivity contribution is -0.137. The van der Waals surface area contributed by atoms with Crippen LogP contribution in [0.1, 0.15) is 47.0 Å². The van der Waals surface area contributed by atoms with Crippen molar-refractivity contribution >= 4 is 0 Å². The van der Waals surface area contributed by atoms with Crippen LogP contribution in [0.5, 0.6) is 0 Å². The summed E-state index contributed by atoms with van der Waals surface area (Å²) in [5.41, 5.74) is 2.42. The maximum atomic E-state index is 11.8. The molecule has 2 nitrogen and oxygen atoms in total. The molecular weight excluding hydrogens is 207 g/mol. The van der Waals surface area contributed by atoms with Crippen LogP contribution in [-0.2, 0) is 4.84 Å². The first-order chi connectivity index (χ1) is 6.60. The van der Waals surface area contributed by atoms with Crippen LogP contribution in [0.4, 0.5) is 13.2 Å². The fraction of sp³-hybridized carbons (Fsp3) is 1.00. The van der Waals surface area contributed by atoms with Gasteiger partial charge < -0.3 is 0 Å². The minimum Gasteiger partial charge on any atom is -0.296 e. The average molecular weight is 227 g/mol. The van der Waals surface area contributed by atoms with Gasteiger partial charge in [0.2, 0.25) is 0 Å². The van der Waals surface area contributed by atoms with Crippen molar-refractivity contribution < 1.29 is 18.0 Å². The van der Waals surface area contributed by atoms with Crippen LogP contribution in [-0.4, -0.2) is 17.8 Å². The van der Waals surface area contributed by atoms with Crippen molar-refractivity contribution in [3.63, 3.8) is 0 Å². The lowest BCUT2D eigenvalue weighted by Crippen LogP contribution is -2.35. The second-order valence-corrected chi connectivity index (χ2v) is 4.74. The fourth-order valence-electron chi connectivity index (χ4n) is 0.945. The van der Waals surface area contributed by atoms with Crippen LogP contribution in [0.15, 0.2) is 0 Å². The highest BCUT2D eigenvalue weighted by atomic mass is 19.4. The van der Waals surface area contributed by atoms with Crippen LogP contribution in [0.25, 0.3) is 0 Å². The average Bonchev–Trinajstić information content (AvgIpc) is 1.97. The molecule has 1 unspecified atom stereocenters. The van der Waals surface area contributed by atoms with E-state index >= 15 is 0 Å². The van der Waals surface area contributed by atoms with Gasteiger partial charge in [-0.05, 0) is 40.5 Å². The second kappa shape index (κ2) is 5.70. The molecule has 0 aliphatic rings. The van der Waals surface area contributed by atoms with Crippen LogP contribution in [0.2, 0.25) is 0 Å². The predicted octanol–water partition coefficient (Wildman–Crippen LogP) is 3.43. The number of hydroxylamine groups is 1. The molecule has 0 heterocycles. The van der Waals surface area contributed by atoms with Gasteiger partial charge in [-0.2, -0.15) is 18.7 Å². The third-order valence-corrected chi connectivity index (χ3v) is 1.66. The number of halogens is 3. The Morgan fingerprint density at radius 2 is 1.73 bits per heavy atom. The number of nitrogens with one attached hydrogen (secondary N) is 1. The van der Waals surface area contributed by atoms with Gasteiger partial charge >= 0.3 is 6.18 Å². The second-order valence-electron chi connectivity index (χ2n) is 4.74. The summed E-state index contributed by atoms with van der Waals surface area (Å²) in [7, 11) is 0. The molecule has 0 aromatic rings. The lowest BCUT2D eigenvalue weighted by atomic mass is 10.1. The van der Waals surface area contributed by atoms with Crippen molar-refractivity contribution in [2.24, 2.45) is 0 Å². The van der Waals surface area contributed by atoms with Crippen LogP contribution in [0, 0.1) is 0 Å². The lowest BCUT2D eigenvalue weighted by Gasteiger charge is -2.23. The first-order valence-electron chi connectivity index (χ1n) is 5.10. The molecule has 0 rings (SSSR count). The third kappa shape index (κ3) is 11.6. The van der Waals surface area contributed by atoms with Gasteiger partial charge in [0.15, 0.2) is 0 Å². The summed E-state index contributed by atoms with van der Waals surface area (Å²) in [5.74, 6) is 0. The molecule has 0 spiro atoms. The SMILES string of the molecule is CC(CCCC(F)(F)F)NOC(C)(C)C. The van der Waals surface area contributed by atoms with Crippen molar-refractivity contribution in [3.05, 3.63) is 0 Å². The maximum absolute atomic E-state index is 11.8. The van der Waals surface area contributed by atoms with Crippen molar-refractivity contribution in [2.75, 3.05) is 0 Å². The van der Waals surface area contributed by atoms with E-state index in [0.29, 0.717) is 6.42 Å². The summed E-state index contributed by atoms with van der Waals surface area (Å²) < 4.78 is 35.5. The van der Waals surface area contributed by atoms with E-state index in [4.69, 9.17) is 4.84 Å². The monoisotopic (exact) mass is 227 g/mol. The molecular formula is C10H20F3NO. The van der Waals surface area contributed by atoms with Gasteiger partial charge in [-0.15, -0.1) is 0 Å². The Bertz CT molecular complexity index is 174. The van der Waals surface area contributed by atoms with E-state index in [9.17, 15) is 13.2 Å². The van der Waals surface area contributed by atoms with E-state index in [1.54, 1.807) is 0 Å². The highest BCUT2D eigenvalue weighted by Crippen LogP contribution is 2.22. The van der Waals surface area contributed by atoms with Gasteiger partial charge in [-0.1, -0.05) is 0 Å². The molecule has 0 fully saturated rings. The van der Waals surface area contributed by atoms with Gasteiger partial charge in [-0.25, -0.2) is 0 Å². The van der Waals surface area contributed by atoms with Gasteiger partial charge in [0, 0.05) is 12.5 Å². The van der Waals surface area contributed by atoms with Gasteiger partial charge in [-0.3, -0.25) is 4.84 Å². The number of alkyl halides is 3. The smallest absolute Gasteiger partial charge is 0.296 e. The van der Waals surface area contributed by atoms with E-state index in [0.717, 1.165) is 0 Å². The van der Waals surface area contributed by atoms with Crippen LogP contribution in [0.3, 0.4) is 0 Å². The van der Waals surface area contributed by atoms with E-state index < -0.39 is 12.6 Å². The minimum absolute atomic E-state index is 0.0634. The largest absolute Gasteiger partial charge is 0.389 e. The third-order valence-electron chi connectivity index (χ3n) is 1.66. The fourth-order valence-corrected chi connectivity index (χ4v) is 0.945. The summed E-state index contributed by atoms with van der Waals surface area (Å²) in [4.78, 5) is 5.24. The van der Waals surface area contributed by atoms with Gasteiger partial charge in [0.1, 0.15) is 0 Å². The summed E-state index contributed by atoms with van der Waals surface area (Å²) in [6, 6.07) is -0.0634. The molecule has 0 bridgehead atoms. The zero-order valence-electron chi connectivity index (χ0n) is 9.74. The predicted molar refractivity (Wildman–Crippen MR) is 53.3 cm³/mol. The molecule has 0 aliphatic heterocycles. The molecule has 1 atom stereocenters. The molecule has 0 amide bonds. The van der Waals surface area contributed by atoms with Crippen LogP contribution >= 0.6 is 0 Å². The van der Waals surface area contributed by atoms with E-state index in [1.807, 2.05) is 27.7 Å². The molecule has 0 aromatic carbocycles.